The summed E-state index contributed by atoms with van der Waals surface area (Å²) in [6.07, 6.45) is -4.17. The topological polar surface area (TPSA) is 39.1 Å². The minimum atomic E-state index is -4.38. The molecule has 6 heteroatoms. The number of nitrogens with one attached hydrogen (secondary N) is 1. The minimum Gasteiger partial charge on any atom is -0.364 e. The van der Waals surface area contributed by atoms with E-state index in [1.807, 2.05) is 6.07 Å². The number of anilines is 1. The molecule has 1 fully saturated rings. The van der Waals surface area contributed by atoms with Gasteiger partial charge in [-0.25, -0.2) is 0 Å². The van der Waals surface area contributed by atoms with Crippen LogP contribution in [0.25, 0.3) is 0 Å². The summed E-state index contributed by atoms with van der Waals surface area (Å²) in [7, 11) is 0. The Morgan fingerprint density at radius 2 is 2.11 bits per heavy atom. The van der Waals surface area contributed by atoms with Crippen LogP contribution >= 0.6 is 0 Å². The molecule has 0 radical (unpaired) electrons. The van der Waals surface area contributed by atoms with Gasteiger partial charge in [0.15, 0.2) is 0 Å². The van der Waals surface area contributed by atoms with Crippen LogP contribution in [0.4, 0.5) is 18.9 Å². The number of alkyl halides is 3. The van der Waals surface area contributed by atoms with E-state index in [1.165, 1.54) is 12.1 Å². The Morgan fingerprint density at radius 3 is 2.79 bits per heavy atom. The van der Waals surface area contributed by atoms with Gasteiger partial charge in [0.1, 0.15) is 0 Å². The number of benzene rings is 1. The van der Waals surface area contributed by atoms with E-state index in [0.717, 1.165) is 6.07 Å². The molecular weight excluding hydrogens is 255 g/mol. The molecule has 0 bridgehead atoms. The van der Waals surface area contributed by atoms with Crippen LogP contribution in [0.2, 0.25) is 0 Å². The number of hydrogen-bond donors (Lipinski definition) is 1. The van der Waals surface area contributed by atoms with Gasteiger partial charge in [0.25, 0.3) is 0 Å². The zero-order valence-electron chi connectivity index (χ0n) is 10.2. The lowest BCUT2D eigenvalue weighted by Gasteiger charge is -2.38. The number of para-hydroxylation sites is 1. The third kappa shape index (κ3) is 2.99. The average molecular weight is 269 g/mol. The van der Waals surface area contributed by atoms with Crippen molar-refractivity contribution in [3.8, 4) is 6.07 Å². The van der Waals surface area contributed by atoms with Crippen LogP contribution in [0.15, 0.2) is 24.3 Å². The molecule has 1 heterocycles. The lowest BCUT2D eigenvalue weighted by molar-refractivity contribution is -0.137. The van der Waals surface area contributed by atoms with Gasteiger partial charge >= 0.3 is 6.18 Å². The zero-order chi connectivity index (χ0) is 13.9. The first-order chi connectivity index (χ1) is 9.04. The Bertz CT molecular complexity index is 479. The van der Waals surface area contributed by atoms with Crippen LogP contribution < -0.4 is 10.2 Å². The van der Waals surface area contributed by atoms with Gasteiger partial charge in [-0.15, -0.1) is 0 Å². The molecule has 0 saturated carbocycles. The SMILES string of the molecule is N#CCC1CNCCN1c1ccccc1C(F)(F)F. The first kappa shape index (κ1) is 13.7. The van der Waals surface area contributed by atoms with Crippen molar-refractivity contribution in [2.75, 3.05) is 24.5 Å². The van der Waals surface area contributed by atoms with Crippen LogP contribution in [0.5, 0.6) is 0 Å². The summed E-state index contributed by atoms with van der Waals surface area (Å²) in [6.45, 7) is 1.62. The Balaban J connectivity index is 2.37. The van der Waals surface area contributed by atoms with Crippen LogP contribution in [-0.2, 0) is 6.18 Å². The van der Waals surface area contributed by atoms with E-state index in [9.17, 15) is 13.2 Å². The lowest BCUT2D eigenvalue weighted by atomic mass is 10.1. The average Bonchev–Trinajstić information content (AvgIpc) is 2.39. The summed E-state index contributed by atoms with van der Waals surface area (Å²) < 4.78 is 39.0. The van der Waals surface area contributed by atoms with E-state index in [0.29, 0.717) is 19.6 Å². The fourth-order valence-corrected chi connectivity index (χ4v) is 2.33. The first-order valence-corrected chi connectivity index (χ1v) is 6.04. The molecule has 1 aliphatic heterocycles. The van der Waals surface area contributed by atoms with Crippen molar-refractivity contribution in [2.45, 2.75) is 18.6 Å². The molecule has 1 aromatic rings. The minimum absolute atomic E-state index is 0.164. The fourth-order valence-electron chi connectivity index (χ4n) is 2.33. The van der Waals surface area contributed by atoms with E-state index >= 15 is 0 Å². The summed E-state index contributed by atoms with van der Waals surface area (Å²) in [4.78, 5) is 1.68. The number of hydrogen-bond acceptors (Lipinski definition) is 3. The van der Waals surface area contributed by atoms with Gasteiger partial charge in [0.05, 0.1) is 24.1 Å². The number of nitriles is 1. The summed E-state index contributed by atoms with van der Waals surface area (Å²) in [5, 5.41) is 11.9. The Morgan fingerprint density at radius 1 is 1.37 bits per heavy atom. The standard InChI is InChI=1S/C13H14F3N3/c14-13(15,16)11-3-1-2-4-12(11)19-8-7-18-9-10(19)5-6-17/h1-4,10,18H,5,7-9H2. The molecule has 0 aromatic heterocycles. The summed E-state index contributed by atoms with van der Waals surface area (Å²) in [5.74, 6) is 0. The zero-order valence-corrected chi connectivity index (χ0v) is 10.2. The number of halogens is 3. The summed E-state index contributed by atoms with van der Waals surface area (Å²) >= 11 is 0. The van der Waals surface area contributed by atoms with Gasteiger partial charge in [-0.05, 0) is 12.1 Å². The van der Waals surface area contributed by atoms with Crippen molar-refractivity contribution in [3.63, 3.8) is 0 Å². The highest BCUT2D eigenvalue weighted by atomic mass is 19.4. The highest BCUT2D eigenvalue weighted by Gasteiger charge is 2.36. The Labute approximate surface area is 109 Å². The van der Waals surface area contributed by atoms with Gasteiger partial charge in [0, 0.05) is 25.3 Å². The highest BCUT2D eigenvalue weighted by molar-refractivity contribution is 5.56. The highest BCUT2D eigenvalue weighted by Crippen LogP contribution is 2.37. The number of piperazine rings is 1. The van der Waals surface area contributed by atoms with E-state index in [1.54, 1.807) is 11.0 Å². The molecule has 1 unspecified atom stereocenters. The normalized spacial score (nSPS) is 20.1. The molecule has 19 heavy (non-hydrogen) atoms. The second kappa shape index (κ2) is 5.49. The van der Waals surface area contributed by atoms with E-state index in [2.05, 4.69) is 5.32 Å². The van der Waals surface area contributed by atoms with E-state index in [4.69, 9.17) is 5.26 Å². The van der Waals surface area contributed by atoms with Gasteiger partial charge in [-0.2, -0.15) is 18.4 Å². The summed E-state index contributed by atoms with van der Waals surface area (Å²) in [6, 6.07) is 7.34. The van der Waals surface area contributed by atoms with Crippen molar-refractivity contribution in [1.29, 1.82) is 5.26 Å². The predicted molar refractivity (Wildman–Crippen MR) is 65.7 cm³/mol. The van der Waals surface area contributed by atoms with Gasteiger partial charge in [0.2, 0.25) is 0 Å². The first-order valence-electron chi connectivity index (χ1n) is 6.04. The third-order valence-corrected chi connectivity index (χ3v) is 3.20. The van der Waals surface area contributed by atoms with Crippen LogP contribution in [0.1, 0.15) is 12.0 Å². The molecule has 0 spiro atoms. The maximum Gasteiger partial charge on any atom is 0.418 e. The second-order valence-corrected chi connectivity index (χ2v) is 4.43. The van der Waals surface area contributed by atoms with Crippen LogP contribution in [0.3, 0.4) is 0 Å². The molecular formula is C13H14F3N3. The lowest BCUT2D eigenvalue weighted by Crippen LogP contribution is -2.51. The predicted octanol–water partition coefficient (Wildman–Crippen LogP) is 2.40. The van der Waals surface area contributed by atoms with Gasteiger partial charge in [-0.3, -0.25) is 0 Å². The Hall–Kier alpha value is -1.74. The van der Waals surface area contributed by atoms with Crippen molar-refractivity contribution in [2.24, 2.45) is 0 Å². The fraction of sp³-hybridized carbons (Fsp3) is 0.462. The maximum atomic E-state index is 13.0. The van der Waals surface area contributed by atoms with Crippen molar-refractivity contribution < 1.29 is 13.2 Å². The van der Waals surface area contributed by atoms with Crippen molar-refractivity contribution in [1.82, 2.24) is 5.32 Å². The van der Waals surface area contributed by atoms with Gasteiger partial charge in [-0.1, -0.05) is 12.1 Å². The maximum absolute atomic E-state index is 13.0. The Kier molecular flexibility index (Phi) is 3.96. The van der Waals surface area contributed by atoms with E-state index < -0.39 is 11.7 Å². The molecule has 1 saturated heterocycles. The molecule has 3 nitrogen and oxygen atoms in total. The quantitative estimate of drug-likeness (QED) is 0.896. The number of nitrogens with zero attached hydrogens (tertiary/aromatic N) is 2. The van der Waals surface area contributed by atoms with Crippen LogP contribution in [-0.4, -0.2) is 25.7 Å². The van der Waals surface area contributed by atoms with Crippen LogP contribution in [0, 0.1) is 11.3 Å². The summed E-state index contributed by atoms with van der Waals surface area (Å²) in [5.41, 5.74) is -0.475. The number of rotatable bonds is 2. The van der Waals surface area contributed by atoms with Crippen molar-refractivity contribution >= 4 is 5.69 Å². The molecule has 1 aromatic carbocycles. The van der Waals surface area contributed by atoms with Crippen molar-refractivity contribution in [3.05, 3.63) is 29.8 Å². The van der Waals surface area contributed by atoms with E-state index in [-0.39, 0.29) is 18.2 Å². The molecule has 0 aliphatic carbocycles. The molecule has 0 amide bonds. The van der Waals surface area contributed by atoms with Gasteiger partial charge < -0.3 is 10.2 Å². The molecule has 1 aliphatic rings. The third-order valence-electron chi connectivity index (χ3n) is 3.20. The molecule has 1 N–H and O–H groups in total. The molecule has 2 rings (SSSR count). The smallest absolute Gasteiger partial charge is 0.364 e. The largest absolute Gasteiger partial charge is 0.418 e. The molecule has 1 atom stereocenters. The monoisotopic (exact) mass is 269 g/mol. The second-order valence-electron chi connectivity index (χ2n) is 4.43. The molecule has 102 valence electrons.